The number of para-hydroxylation sites is 1. The molecule has 2 aromatic carbocycles. The second kappa shape index (κ2) is 8.29. The van der Waals surface area contributed by atoms with Crippen LogP contribution in [0.1, 0.15) is 11.5 Å². The summed E-state index contributed by atoms with van der Waals surface area (Å²) in [5, 5.41) is 11.3. The maximum Gasteiger partial charge on any atom is 0.277 e. The molecule has 0 spiro atoms. The molecular weight excluding hydrogens is 437 g/mol. The van der Waals surface area contributed by atoms with Crippen molar-refractivity contribution in [1.29, 1.82) is 0 Å². The fourth-order valence-electron chi connectivity index (χ4n) is 2.01. The Balaban J connectivity index is 1.52. The largest absolute Gasteiger partial charge is 0.416 e. The van der Waals surface area contributed by atoms with Crippen LogP contribution in [-0.2, 0) is 11.2 Å². The number of carbonyl (C=O) groups is 1. The van der Waals surface area contributed by atoms with Crippen LogP contribution in [0.15, 0.2) is 64.2 Å². The van der Waals surface area contributed by atoms with E-state index in [1.54, 1.807) is 0 Å². The maximum absolute atomic E-state index is 12.0. The van der Waals surface area contributed by atoms with Crippen molar-refractivity contribution in [3.05, 3.63) is 69.6 Å². The highest BCUT2D eigenvalue weighted by molar-refractivity contribution is 14.1. The smallest absolute Gasteiger partial charge is 0.277 e. The molecule has 1 amide bonds. The van der Waals surface area contributed by atoms with E-state index in [4.69, 9.17) is 4.42 Å². The molecule has 0 aliphatic carbocycles. The lowest BCUT2D eigenvalue weighted by Gasteiger charge is -2.05. The monoisotopic (exact) mass is 451 g/mol. The Morgan fingerprint density at radius 2 is 1.83 bits per heavy atom. The highest BCUT2D eigenvalue weighted by atomic mass is 127. The summed E-state index contributed by atoms with van der Waals surface area (Å²) in [4.78, 5) is 12.0. The van der Waals surface area contributed by atoms with E-state index in [-0.39, 0.29) is 11.7 Å². The van der Waals surface area contributed by atoms with Crippen LogP contribution >= 0.6 is 34.4 Å². The Morgan fingerprint density at radius 1 is 1.08 bits per heavy atom. The van der Waals surface area contributed by atoms with Gasteiger partial charge in [-0.15, -0.1) is 10.2 Å². The highest BCUT2D eigenvalue weighted by Gasteiger charge is 2.11. The summed E-state index contributed by atoms with van der Waals surface area (Å²) in [7, 11) is 0. The average molecular weight is 451 g/mol. The van der Waals surface area contributed by atoms with Gasteiger partial charge in [0.05, 0.1) is 17.9 Å². The van der Waals surface area contributed by atoms with Crippen LogP contribution < -0.4 is 5.32 Å². The number of rotatable bonds is 6. The van der Waals surface area contributed by atoms with Gasteiger partial charge < -0.3 is 9.73 Å². The Kier molecular flexibility index (Phi) is 5.86. The molecule has 5 nitrogen and oxygen atoms in total. The van der Waals surface area contributed by atoms with Crippen molar-refractivity contribution in [3.63, 3.8) is 0 Å². The predicted molar refractivity (Wildman–Crippen MR) is 102 cm³/mol. The third-order valence-electron chi connectivity index (χ3n) is 3.12. The number of halogens is 1. The van der Waals surface area contributed by atoms with E-state index < -0.39 is 0 Å². The van der Waals surface area contributed by atoms with Crippen molar-refractivity contribution in [1.82, 2.24) is 10.2 Å². The third kappa shape index (κ3) is 4.81. The van der Waals surface area contributed by atoms with Gasteiger partial charge in [-0.2, -0.15) is 0 Å². The van der Waals surface area contributed by atoms with Crippen LogP contribution in [0.3, 0.4) is 0 Å². The quantitative estimate of drug-likeness (QED) is 0.454. The minimum absolute atomic E-state index is 0.105. The van der Waals surface area contributed by atoms with Crippen molar-refractivity contribution in [2.75, 3.05) is 11.1 Å². The number of hydrogen-bond donors (Lipinski definition) is 1. The molecule has 122 valence electrons. The van der Waals surface area contributed by atoms with E-state index >= 15 is 0 Å². The number of carbonyl (C=O) groups excluding carboxylic acids is 1. The lowest BCUT2D eigenvalue weighted by molar-refractivity contribution is -0.113. The number of nitrogens with zero attached hydrogens (tertiary/aromatic N) is 2. The summed E-state index contributed by atoms with van der Waals surface area (Å²) in [5.74, 6) is 0.659. The highest BCUT2D eigenvalue weighted by Crippen LogP contribution is 2.20. The number of amides is 1. The second-order valence-corrected chi connectivity index (χ2v) is 7.03. The molecular formula is C17H14IN3O2S. The average Bonchev–Trinajstić information content (AvgIpc) is 3.03. The van der Waals surface area contributed by atoms with Gasteiger partial charge in [0.15, 0.2) is 0 Å². The molecule has 0 fully saturated rings. The van der Waals surface area contributed by atoms with Gasteiger partial charge in [-0.1, -0.05) is 54.2 Å². The molecule has 0 atom stereocenters. The normalized spacial score (nSPS) is 10.5. The van der Waals surface area contributed by atoms with Gasteiger partial charge in [0, 0.05) is 3.57 Å². The van der Waals surface area contributed by atoms with Crippen molar-refractivity contribution >= 4 is 45.9 Å². The molecule has 1 N–H and O–H groups in total. The molecule has 1 heterocycles. The first-order valence-electron chi connectivity index (χ1n) is 7.24. The van der Waals surface area contributed by atoms with E-state index in [2.05, 4.69) is 38.1 Å². The summed E-state index contributed by atoms with van der Waals surface area (Å²) in [6.45, 7) is 0. The summed E-state index contributed by atoms with van der Waals surface area (Å²) in [6.07, 6.45) is 0.586. The predicted octanol–water partition coefficient (Wildman–Crippen LogP) is 4.00. The summed E-state index contributed by atoms with van der Waals surface area (Å²) >= 11 is 3.42. The van der Waals surface area contributed by atoms with Crippen LogP contribution in [-0.4, -0.2) is 21.9 Å². The fraction of sp³-hybridized carbons (Fsp3) is 0.118. The van der Waals surface area contributed by atoms with E-state index in [9.17, 15) is 4.79 Å². The Labute approximate surface area is 157 Å². The molecule has 0 aliphatic heterocycles. The van der Waals surface area contributed by atoms with E-state index in [0.717, 1.165) is 14.8 Å². The van der Waals surface area contributed by atoms with Crippen LogP contribution in [0.4, 0.5) is 5.69 Å². The Hall–Kier alpha value is -1.87. The Morgan fingerprint density at radius 3 is 2.62 bits per heavy atom. The number of nitrogens with one attached hydrogen (secondary N) is 1. The van der Waals surface area contributed by atoms with Gasteiger partial charge >= 0.3 is 0 Å². The molecule has 0 saturated carbocycles. The van der Waals surface area contributed by atoms with Crippen molar-refractivity contribution < 1.29 is 9.21 Å². The molecule has 1 aromatic heterocycles. The van der Waals surface area contributed by atoms with Crippen LogP contribution in [0.25, 0.3) is 0 Å². The zero-order valence-electron chi connectivity index (χ0n) is 12.6. The minimum atomic E-state index is -0.105. The maximum atomic E-state index is 12.0. The van der Waals surface area contributed by atoms with Gasteiger partial charge in [0.1, 0.15) is 0 Å². The number of anilines is 1. The van der Waals surface area contributed by atoms with Gasteiger partial charge in [-0.3, -0.25) is 4.79 Å². The van der Waals surface area contributed by atoms with E-state index in [0.29, 0.717) is 17.5 Å². The molecule has 0 saturated heterocycles. The first kappa shape index (κ1) is 17.0. The summed E-state index contributed by atoms with van der Waals surface area (Å²) in [6, 6.07) is 17.5. The van der Waals surface area contributed by atoms with Crippen LogP contribution in [0.2, 0.25) is 0 Å². The second-order valence-electron chi connectivity index (χ2n) is 4.94. The number of aromatic nitrogens is 2. The van der Waals surface area contributed by atoms with Gasteiger partial charge in [-0.25, -0.2) is 0 Å². The van der Waals surface area contributed by atoms with Gasteiger partial charge in [-0.05, 0) is 40.3 Å². The molecule has 0 bridgehead atoms. The molecule has 7 heteroatoms. The minimum Gasteiger partial charge on any atom is -0.416 e. The van der Waals surface area contributed by atoms with E-state index in [1.165, 1.54) is 11.8 Å². The van der Waals surface area contributed by atoms with Crippen molar-refractivity contribution in [2.24, 2.45) is 0 Å². The molecule has 0 radical (unpaired) electrons. The topological polar surface area (TPSA) is 68.0 Å². The van der Waals surface area contributed by atoms with Crippen molar-refractivity contribution in [3.8, 4) is 0 Å². The zero-order chi connectivity index (χ0) is 16.8. The first-order chi connectivity index (χ1) is 11.7. The number of thioether (sulfide) groups is 1. The standard InChI is InChI=1S/C17H14IN3O2S/c18-13-8-4-5-9-14(13)19-15(22)11-24-17-21-20-16(23-17)10-12-6-2-1-3-7-12/h1-9H,10-11H2,(H,19,22). The molecule has 0 unspecified atom stereocenters. The van der Waals surface area contributed by atoms with Gasteiger partial charge in [0.25, 0.3) is 5.22 Å². The lowest BCUT2D eigenvalue weighted by atomic mass is 10.2. The van der Waals surface area contributed by atoms with Gasteiger partial charge in [0.2, 0.25) is 11.8 Å². The van der Waals surface area contributed by atoms with Crippen molar-refractivity contribution in [2.45, 2.75) is 11.6 Å². The number of hydrogen-bond acceptors (Lipinski definition) is 5. The van der Waals surface area contributed by atoms with Crippen LogP contribution in [0.5, 0.6) is 0 Å². The SMILES string of the molecule is O=C(CSc1nnc(Cc2ccccc2)o1)Nc1ccccc1I. The Bertz CT molecular complexity index is 823. The third-order valence-corrected chi connectivity index (χ3v) is 4.88. The summed E-state index contributed by atoms with van der Waals surface area (Å²) < 4.78 is 6.57. The first-order valence-corrected chi connectivity index (χ1v) is 9.30. The zero-order valence-corrected chi connectivity index (χ0v) is 15.6. The fourth-order valence-corrected chi connectivity index (χ4v) is 3.12. The lowest BCUT2D eigenvalue weighted by Crippen LogP contribution is -2.14. The van der Waals surface area contributed by atoms with Crippen LogP contribution in [0, 0.1) is 3.57 Å². The number of benzene rings is 2. The molecule has 0 aliphatic rings. The molecule has 3 rings (SSSR count). The summed E-state index contributed by atoms with van der Waals surface area (Å²) in [5.41, 5.74) is 1.91. The molecule has 24 heavy (non-hydrogen) atoms. The molecule has 3 aromatic rings. The van der Waals surface area contributed by atoms with E-state index in [1.807, 2.05) is 54.6 Å².